The molecule has 180 valence electrons. The summed E-state index contributed by atoms with van der Waals surface area (Å²) >= 11 is 0. The zero-order valence-electron chi connectivity index (χ0n) is 21.1. The van der Waals surface area contributed by atoms with Crippen LogP contribution in [0.2, 0.25) is 0 Å². The number of aliphatic hydroxyl groups is 1. The van der Waals surface area contributed by atoms with Crippen LogP contribution < -0.4 is 0 Å². The highest BCUT2D eigenvalue weighted by molar-refractivity contribution is 4.73. The molecule has 0 amide bonds. The molecule has 2 unspecified atom stereocenters. The Hall–Kier alpha value is -0.160. The van der Waals surface area contributed by atoms with Gasteiger partial charge in [-0.3, -0.25) is 0 Å². The summed E-state index contributed by atoms with van der Waals surface area (Å²) in [5.41, 5.74) is 0. The lowest BCUT2D eigenvalue weighted by Gasteiger charge is -2.42. The normalized spacial score (nSPS) is 18.2. The molecular formula is C26H55N3O. The first kappa shape index (κ1) is 27.9. The van der Waals surface area contributed by atoms with Crippen LogP contribution in [0.5, 0.6) is 0 Å². The van der Waals surface area contributed by atoms with Crippen LogP contribution in [0.4, 0.5) is 0 Å². The molecule has 4 heteroatoms. The minimum Gasteiger partial charge on any atom is -0.392 e. The van der Waals surface area contributed by atoms with Crippen molar-refractivity contribution >= 4 is 0 Å². The van der Waals surface area contributed by atoms with E-state index >= 15 is 0 Å². The van der Waals surface area contributed by atoms with E-state index in [1.165, 1.54) is 83.5 Å². The zero-order valence-corrected chi connectivity index (χ0v) is 21.1. The molecule has 2 atom stereocenters. The van der Waals surface area contributed by atoms with Crippen molar-refractivity contribution in [3.05, 3.63) is 0 Å². The average Bonchev–Trinajstić information content (AvgIpc) is 2.73. The van der Waals surface area contributed by atoms with Crippen molar-refractivity contribution in [2.24, 2.45) is 5.92 Å². The van der Waals surface area contributed by atoms with Crippen LogP contribution in [0.3, 0.4) is 0 Å². The van der Waals surface area contributed by atoms with E-state index in [0.29, 0.717) is 5.92 Å². The number of unbranched alkanes of at least 4 members (excludes halogenated alkanes) is 10. The summed E-state index contributed by atoms with van der Waals surface area (Å²) in [6.45, 7) is 13.4. The minimum atomic E-state index is -0.183. The summed E-state index contributed by atoms with van der Waals surface area (Å²) in [6.07, 6.45) is 18.2. The second-order valence-corrected chi connectivity index (χ2v) is 10.0. The number of piperazine rings is 1. The van der Waals surface area contributed by atoms with Crippen LogP contribution in [0.1, 0.15) is 111 Å². The molecule has 0 aromatic carbocycles. The molecule has 0 aliphatic carbocycles. The Morgan fingerprint density at radius 2 is 1.20 bits per heavy atom. The molecule has 1 fully saturated rings. The van der Waals surface area contributed by atoms with Crippen molar-refractivity contribution in [3.63, 3.8) is 0 Å². The van der Waals surface area contributed by atoms with Gasteiger partial charge in [-0.15, -0.1) is 0 Å². The van der Waals surface area contributed by atoms with Gasteiger partial charge in [0.05, 0.1) is 6.10 Å². The summed E-state index contributed by atoms with van der Waals surface area (Å²) in [4.78, 5) is 2.42. The fraction of sp³-hybridized carbons (Fsp3) is 1.00. The molecule has 1 aliphatic rings. The van der Waals surface area contributed by atoms with Crippen molar-refractivity contribution in [1.82, 2.24) is 14.9 Å². The third-order valence-electron chi connectivity index (χ3n) is 6.76. The number of rotatable bonds is 19. The molecule has 0 bridgehead atoms. The first-order valence-electron chi connectivity index (χ1n) is 13.4. The van der Waals surface area contributed by atoms with E-state index in [9.17, 15) is 5.11 Å². The second kappa shape index (κ2) is 18.4. The molecule has 1 aliphatic heterocycles. The summed E-state index contributed by atoms with van der Waals surface area (Å²) in [7, 11) is 2.22. The van der Waals surface area contributed by atoms with E-state index in [2.05, 4.69) is 42.7 Å². The van der Waals surface area contributed by atoms with E-state index in [1.807, 2.05) is 0 Å². The number of hydrogen-bond acceptors (Lipinski definition) is 4. The molecule has 0 aromatic heterocycles. The van der Waals surface area contributed by atoms with Gasteiger partial charge in [-0.25, -0.2) is 10.0 Å². The van der Waals surface area contributed by atoms with Crippen LogP contribution >= 0.6 is 0 Å². The molecule has 1 saturated heterocycles. The highest BCUT2D eigenvalue weighted by Gasteiger charge is 2.23. The van der Waals surface area contributed by atoms with Crippen molar-refractivity contribution < 1.29 is 5.11 Å². The molecule has 0 aromatic rings. The van der Waals surface area contributed by atoms with Gasteiger partial charge < -0.3 is 10.0 Å². The van der Waals surface area contributed by atoms with Gasteiger partial charge in [0.2, 0.25) is 0 Å². The van der Waals surface area contributed by atoms with E-state index < -0.39 is 0 Å². The lowest BCUT2D eigenvalue weighted by Crippen LogP contribution is -2.55. The molecule has 30 heavy (non-hydrogen) atoms. The first-order valence-corrected chi connectivity index (χ1v) is 13.4. The van der Waals surface area contributed by atoms with Gasteiger partial charge >= 0.3 is 0 Å². The Morgan fingerprint density at radius 3 is 1.77 bits per heavy atom. The van der Waals surface area contributed by atoms with Crippen molar-refractivity contribution in [1.29, 1.82) is 0 Å². The largest absolute Gasteiger partial charge is 0.392 e. The van der Waals surface area contributed by atoms with Gasteiger partial charge in [-0.2, -0.15) is 0 Å². The van der Waals surface area contributed by atoms with Crippen LogP contribution in [0.15, 0.2) is 0 Å². The van der Waals surface area contributed by atoms with Crippen LogP contribution in [-0.2, 0) is 0 Å². The van der Waals surface area contributed by atoms with E-state index in [1.54, 1.807) is 0 Å². The fourth-order valence-electron chi connectivity index (χ4n) is 4.60. The van der Waals surface area contributed by atoms with Crippen LogP contribution in [0, 0.1) is 5.92 Å². The molecule has 0 radical (unpaired) electrons. The topological polar surface area (TPSA) is 30.0 Å². The number of hydrogen-bond donors (Lipinski definition) is 1. The number of nitrogens with zero attached hydrogens (tertiary/aromatic N) is 3. The van der Waals surface area contributed by atoms with Crippen LogP contribution in [0.25, 0.3) is 0 Å². The van der Waals surface area contributed by atoms with Gasteiger partial charge in [-0.1, -0.05) is 97.8 Å². The lowest BCUT2D eigenvalue weighted by molar-refractivity contribution is -0.0840. The Kier molecular flexibility index (Phi) is 17.1. The minimum absolute atomic E-state index is 0.183. The SMILES string of the molecule is CCCCCCCCC(C)CN(CC(O)CCCCCCCC)N1CCN(C)CC1. The molecule has 0 saturated carbocycles. The molecule has 1 N–H and O–H groups in total. The summed E-state index contributed by atoms with van der Waals surface area (Å²) in [5.74, 6) is 0.706. The Labute approximate surface area is 189 Å². The van der Waals surface area contributed by atoms with Gasteiger partial charge in [-0.05, 0) is 25.8 Å². The lowest BCUT2D eigenvalue weighted by atomic mass is 10.0. The zero-order chi connectivity index (χ0) is 22.0. The summed E-state index contributed by atoms with van der Waals surface area (Å²) < 4.78 is 0. The van der Waals surface area contributed by atoms with Crippen LogP contribution in [-0.4, -0.2) is 72.4 Å². The Morgan fingerprint density at radius 1 is 0.700 bits per heavy atom. The maximum Gasteiger partial charge on any atom is 0.0681 e. The summed E-state index contributed by atoms with van der Waals surface area (Å²) in [5, 5.41) is 15.8. The van der Waals surface area contributed by atoms with Gasteiger partial charge in [0.15, 0.2) is 0 Å². The maximum absolute atomic E-state index is 10.7. The van der Waals surface area contributed by atoms with Crippen molar-refractivity contribution in [2.75, 3.05) is 46.3 Å². The third kappa shape index (κ3) is 14.0. The highest BCUT2D eigenvalue weighted by Crippen LogP contribution is 2.17. The predicted octanol–water partition coefficient (Wildman–Crippen LogP) is 5.95. The summed E-state index contributed by atoms with van der Waals surface area (Å²) in [6, 6.07) is 0. The van der Waals surface area contributed by atoms with Gasteiger partial charge in [0.25, 0.3) is 0 Å². The fourth-order valence-corrected chi connectivity index (χ4v) is 4.60. The highest BCUT2D eigenvalue weighted by atomic mass is 16.3. The quantitative estimate of drug-likeness (QED) is 0.259. The number of hydrazine groups is 1. The smallest absolute Gasteiger partial charge is 0.0681 e. The average molecular weight is 426 g/mol. The first-order chi connectivity index (χ1) is 14.6. The molecular weight excluding hydrogens is 370 g/mol. The van der Waals surface area contributed by atoms with E-state index in [0.717, 1.165) is 45.7 Å². The molecule has 4 nitrogen and oxygen atoms in total. The molecule has 1 heterocycles. The monoisotopic (exact) mass is 425 g/mol. The maximum atomic E-state index is 10.7. The van der Waals surface area contributed by atoms with Crippen molar-refractivity contribution in [2.45, 2.75) is 117 Å². The second-order valence-electron chi connectivity index (χ2n) is 10.0. The van der Waals surface area contributed by atoms with E-state index in [-0.39, 0.29) is 6.10 Å². The predicted molar refractivity (Wildman–Crippen MR) is 132 cm³/mol. The Bertz CT molecular complexity index is 347. The third-order valence-corrected chi connectivity index (χ3v) is 6.76. The van der Waals surface area contributed by atoms with Gasteiger partial charge in [0, 0.05) is 39.3 Å². The standard InChI is InChI=1S/C26H55N3O/c1-5-7-9-11-13-15-17-25(3)23-29(28-21-19-27(4)20-22-28)24-26(30)18-16-14-12-10-8-6-2/h25-26,30H,5-24H2,1-4H3. The molecule has 1 rings (SSSR count). The molecule has 0 spiro atoms. The Balaban J connectivity index is 2.36. The van der Waals surface area contributed by atoms with E-state index in [4.69, 9.17) is 0 Å². The number of aliphatic hydroxyl groups excluding tert-OH is 1. The van der Waals surface area contributed by atoms with Gasteiger partial charge in [0.1, 0.15) is 0 Å². The van der Waals surface area contributed by atoms with Crippen molar-refractivity contribution in [3.8, 4) is 0 Å². The number of likely N-dealkylation sites (N-methyl/N-ethyl adjacent to an activating group) is 1.